The molecule has 0 fully saturated rings. The molecule has 0 aliphatic carbocycles. The molecule has 0 unspecified atom stereocenters. The molecule has 4 nitrogen and oxygen atoms in total. The van der Waals surface area contributed by atoms with Gasteiger partial charge in [0.05, 0.1) is 0 Å². The Balaban J connectivity index is 2.30. The number of nitrogens with zero attached hydrogens (tertiary/aromatic N) is 3. The topological polar surface area (TPSA) is 64.0 Å². The summed E-state index contributed by atoms with van der Waals surface area (Å²) in [5.74, 6) is 1.21. The third-order valence-corrected chi connectivity index (χ3v) is 3.21. The van der Waals surface area contributed by atoms with E-state index in [0.29, 0.717) is 11.6 Å². The van der Waals surface area contributed by atoms with Crippen molar-refractivity contribution in [1.29, 1.82) is 10.5 Å². The van der Waals surface area contributed by atoms with Gasteiger partial charge in [-0.2, -0.15) is 10.5 Å². The number of benzene rings is 1. The van der Waals surface area contributed by atoms with Crippen molar-refractivity contribution in [1.82, 2.24) is 0 Å². The third kappa shape index (κ3) is 3.77. The normalized spacial score (nSPS) is 9.59. The lowest BCUT2D eigenvalue weighted by Gasteiger charge is -2.21. The molecule has 0 saturated carbocycles. The minimum Gasteiger partial charge on any atom is -0.441 e. The lowest BCUT2D eigenvalue weighted by atomic mass is 10.2. The van der Waals surface area contributed by atoms with E-state index in [2.05, 4.69) is 11.8 Å². The van der Waals surface area contributed by atoms with E-state index in [0.717, 1.165) is 25.1 Å². The maximum absolute atomic E-state index is 8.80. The van der Waals surface area contributed by atoms with Crippen molar-refractivity contribution in [3.05, 3.63) is 53.8 Å². The number of nitriles is 2. The van der Waals surface area contributed by atoms with Crippen LogP contribution in [0.2, 0.25) is 0 Å². The van der Waals surface area contributed by atoms with Gasteiger partial charge in [-0.1, -0.05) is 31.5 Å². The largest absolute Gasteiger partial charge is 0.441 e. The summed E-state index contributed by atoms with van der Waals surface area (Å²) < 4.78 is 5.78. The van der Waals surface area contributed by atoms with Crippen molar-refractivity contribution >= 4 is 17.6 Å². The van der Waals surface area contributed by atoms with Crippen molar-refractivity contribution in [2.45, 2.75) is 19.8 Å². The van der Waals surface area contributed by atoms with Crippen molar-refractivity contribution in [2.24, 2.45) is 0 Å². The van der Waals surface area contributed by atoms with Crippen LogP contribution >= 0.6 is 0 Å². The Kier molecular flexibility index (Phi) is 5.40. The Bertz CT molecular complexity index is 701. The lowest BCUT2D eigenvalue weighted by molar-refractivity contribution is 0.549. The zero-order valence-corrected chi connectivity index (χ0v) is 12.5. The molecule has 1 aromatic heterocycles. The SMILES string of the molecule is CCCCN(c1ccccc1)c1ccc(C=C(C#N)C#N)o1. The molecular weight excluding hydrogens is 274 g/mol. The number of para-hydroxylation sites is 1. The summed E-state index contributed by atoms with van der Waals surface area (Å²) in [4.78, 5) is 2.10. The van der Waals surface area contributed by atoms with Gasteiger partial charge in [0.25, 0.3) is 0 Å². The maximum atomic E-state index is 8.80. The Morgan fingerprint density at radius 3 is 2.50 bits per heavy atom. The Hall–Kier alpha value is -2.98. The first kappa shape index (κ1) is 15.4. The number of unbranched alkanes of at least 4 members (excludes halogenated alkanes) is 1. The molecule has 0 radical (unpaired) electrons. The van der Waals surface area contributed by atoms with E-state index >= 15 is 0 Å². The van der Waals surface area contributed by atoms with Crippen molar-refractivity contribution in [3.8, 4) is 12.1 Å². The number of allylic oxidation sites excluding steroid dienone is 1. The van der Waals surface area contributed by atoms with Gasteiger partial charge in [0.15, 0.2) is 0 Å². The minimum atomic E-state index is 0.0284. The van der Waals surface area contributed by atoms with E-state index in [1.165, 1.54) is 6.08 Å². The second-order valence-electron chi connectivity index (χ2n) is 4.80. The molecule has 0 bridgehead atoms. The summed E-state index contributed by atoms with van der Waals surface area (Å²) in [6.07, 6.45) is 3.58. The van der Waals surface area contributed by atoms with Crippen LogP contribution in [-0.2, 0) is 0 Å². The molecular formula is C18H17N3O. The molecule has 110 valence electrons. The van der Waals surface area contributed by atoms with Crippen molar-refractivity contribution < 1.29 is 4.42 Å². The number of anilines is 2. The summed E-state index contributed by atoms with van der Waals surface area (Å²) in [5, 5.41) is 17.6. The highest BCUT2D eigenvalue weighted by Crippen LogP contribution is 2.28. The molecule has 0 saturated heterocycles. The van der Waals surface area contributed by atoms with Crippen LogP contribution < -0.4 is 4.90 Å². The summed E-state index contributed by atoms with van der Waals surface area (Å²) >= 11 is 0. The van der Waals surface area contributed by atoms with E-state index in [9.17, 15) is 0 Å². The van der Waals surface area contributed by atoms with Gasteiger partial charge in [0.2, 0.25) is 5.88 Å². The molecule has 1 heterocycles. The predicted molar refractivity (Wildman–Crippen MR) is 86.3 cm³/mol. The van der Waals surface area contributed by atoms with E-state index < -0.39 is 0 Å². The zero-order valence-electron chi connectivity index (χ0n) is 12.5. The quantitative estimate of drug-likeness (QED) is 0.727. The fourth-order valence-corrected chi connectivity index (χ4v) is 2.09. The molecule has 2 rings (SSSR count). The van der Waals surface area contributed by atoms with E-state index in [4.69, 9.17) is 14.9 Å². The van der Waals surface area contributed by atoms with Crippen molar-refractivity contribution in [2.75, 3.05) is 11.4 Å². The number of furan rings is 1. The summed E-state index contributed by atoms with van der Waals surface area (Å²) in [7, 11) is 0. The maximum Gasteiger partial charge on any atom is 0.200 e. The Morgan fingerprint density at radius 2 is 1.86 bits per heavy atom. The molecule has 0 aliphatic rings. The van der Waals surface area contributed by atoms with Gasteiger partial charge in [0, 0.05) is 24.4 Å². The van der Waals surface area contributed by atoms with Gasteiger partial charge in [-0.3, -0.25) is 0 Å². The highest BCUT2D eigenvalue weighted by molar-refractivity contribution is 5.63. The van der Waals surface area contributed by atoms with E-state index in [1.807, 2.05) is 48.5 Å². The molecule has 2 aromatic rings. The van der Waals surface area contributed by atoms with Crippen LogP contribution in [0.1, 0.15) is 25.5 Å². The molecule has 1 aromatic carbocycles. The van der Waals surface area contributed by atoms with Gasteiger partial charge in [-0.05, 0) is 24.6 Å². The van der Waals surface area contributed by atoms with E-state index in [1.54, 1.807) is 6.07 Å². The van der Waals surface area contributed by atoms with Gasteiger partial charge in [-0.25, -0.2) is 0 Å². The fraction of sp³-hybridized carbons (Fsp3) is 0.222. The summed E-state index contributed by atoms with van der Waals surface area (Å²) in [5.41, 5.74) is 1.09. The summed E-state index contributed by atoms with van der Waals surface area (Å²) in [6.45, 7) is 2.99. The number of hydrogen-bond donors (Lipinski definition) is 0. The van der Waals surface area contributed by atoms with Gasteiger partial charge in [-0.15, -0.1) is 0 Å². The molecule has 4 heteroatoms. The molecule has 0 aliphatic heterocycles. The Morgan fingerprint density at radius 1 is 1.14 bits per heavy atom. The predicted octanol–water partition coefficient (Wildman–Crippen LogP) is 4.65. The molecule has 22 heavy (non-hydrogen) atoms. The van der Waals surface area contributed by atoms with Crippen LogP contribution in [0.4, 0.5) is 11.6 Å². The van der Waals surface area contributed by atoms with Crippen LogP contribution in [0.15, 0.2) is 52.5 Å². The molecule has 0 amide bonds. The minimum absolute atomic E-state index is 0.0284. The average molecular weight is 291 g/mol. The number of hydrogen-bond acceptors (Lipinski definition) is 4. The number of rotatable bonds is 6. The van der Waals surface area contributed by atoms with Crippen LogP contribution in [-0.4, -0.2) is 6.54 Å². The third-order valence-electron chi connectivity index (χ3n) is 3.21. The smallest absolute Gasteiger partial charge is 0.200 e. The van der Waals surface area contributed by atoms with Gasteiger partial charge >= 0.3 is 0 Å². The lowest BCUT2D eigenvalue weighted by Crippen LogP contribution is -2.17. The monoisotopic (exact) mass is 291 g/mol. The summed E-state index contributed by atoms with van der Waals surface area (Å²) in [6, 6.07) is 17.3. The first-order chi connectivity index (χ1) is 10.8. The van der Waals surface area contributed by atoms with E-state index in [-0.39, 0.29) is 5.57 Å². The van der Waals surface area contributed by atoms with Gasteiger partial charge < -0.3 is 9.32 Å². The fourth-order valence-electron chi connectivity index (χ4n) is 2.09. The second kappa shape index (κ2) is 7.71. The first-order valence-corrected chi connectivity index (χ1v) is 7.22. The average Bonchev–Trinajstić information content (AvgIpc) is 3.02. The standard InChI is InChI=1S/C18H17N3O/c1-2-3-11-21(16-7-5-4-6-8-16)18-10-9-17(22-18)12-15(13-19)14-20/h4-10,12H,2-3,11H2,1H3. The molecule has 0 spiro atoms. The highest BCUT2D eigenvalue weighted by Gasteiger charge is 2.12. The van der Waals surface area contributed by atoms with Gasteiger partial charge in [0.1, 0.15) is 23.5 Å². The highest BCUT2D eigenvalue weighted by atomic mass is 16.4. The molecule has 0 N–H and O–H groups in total. The molecule has 0 atom stereocenters. The van der Waals surface area contributed by atoms with Crippen LogP contribution in [0.5, 0.6) is 0 Å². The van der Waals surface area contributed by atoms with Crippen molar-refractivity contribution in [3.63, 3.8) is 0 Å². The van der Waals surface area contributed by atoms with Crippen LogP contribution in [0.25, 0.3) is 6.08 Å². The zero-order chi connectivity index (χ0) is 15.8. The second-order valence-corrected chi connectivity index (χ2v) is 4.80. The Labute approximate surface area is 130 Å². The van der Waals surface area contributed by atoms with Crippen LogP contribution in [0, 0.1) is 22.7 Å². The first-order valence-electron chi connectivity index (χ1n) is 7.22. The van der Waals surface area contributed by atoms with Crippen LogP contribution in [0.3, 0.4) is 0 Å².